The summed E-state index contributed by atoms with van der Waals surface area (Å²) in [5.41, 5.74) is -0.285. The van der Waals surface area contributed by atoms with E-state index in [0.29, 0.717) is 12.4 Å². The van der Waals surface area contributed by atoms with E-state index in [1.807, 2.05) is 6.92 Å². The largest absolute Gasteiger partial charge is 0.419 e. The van der Waals surface area contributed by atoms with Crippen LogP contribution in [0.2, 0.25) is 0 Å². The van der Waals surface area contributed by atoms with Gasteiger partial charge in [-0.2, -0.15) is 0 Å². The molecule has 6 heteroatoms. The summed E-state index contributed by atoms with van der Waals surface area (Å²) in [6, 6.07) is 3.59. The van der Waals surface area contributed by atoms with Crippen molar-refractivity contribution in [3.63, 3.8) is 0 Å². The highest BCUT2D eigenvalue weighted by molar-refractivity contribution is 5.54. The molecule has 0 saturated heterocycles. The first kappa shape index (κ1) is 12.6. The van der Waals surface area contributed by atoms with E-state index in [9.17, 15) is 8.78 Å². The van der Waals surface area contributed by atoms with Crippen molar-refractivity contribution < 1.29 is 13.2 Å². The van der Waals surface area contributed by atoms with Crippen molar-refractivity contribution >= 4 is 0 Å². The molecule has 0 saturated carbocycles. The average molecular weight is 253 g/mol. The first-order chi connectivity index (χ1) is 8.72. The van der Waals surface area contributed by atoms with Crippen LogP contribution in [0, 0.1) is 11.6 Å². The Kier molecular flexibility index (Phi) is 3.99. The summed E-state index contributed by atoms with van der Waals surface area (Å²) < 4.78 is 32.2. The number of benzene rings is 1. The van der Waals surface area contributed by atoms with Gasteiger partial charge in [-0.25, -0.2) is 8.78 Å². The smallest absolute Gasteiger partial charge is 0.253 e. The minimum Gasteiger partial charge on any atom is -0.419 e. The highest BCUT2D eigenvalue weighted by Gasteiger charge is 2.17. The molecule has 1 N–H and O–H groups in total. The first-order valence-corrected chi connectivity index (χ1v) is 5.70. The van der Waals surface area contributed by atoms with Crippen molar-refractivity contribution in [2.24, 2.45) is 0 Å². The van der Waals surface area contributed by atoms with Gasteiger partial charge in [-0.1, -0.05) is 13.0 Å². The number of hydrogen-bond donors (Lipinski definition) is 1. The second kappa shape index (κ2) is 5.68. The van der Waals surface area contributed by atoms with Gasteiger partial charge in [0, 0.05) is 0 Å². The van der Waals surface area contributed by atoms with Crippen molar-refractivity contribution in [2.75, 3.05) is 6.54 Å². The maximum atomic E-state index is 13.5. The van der Waals surface area contributed by atoms with Crippen molar-refractivity contribution in [2.45, 2.75) is 19.9 Å². The van der Waals surface area contributed by atoms with E-state index < -0.39 is 11.6 Å². The molecule has 0 aliphatic heterocycles. The molecule has 0 radical (unpaired) electrons. The highest BCUT2D eigenvalue weighted by atomic mass is 19.1. The van der Waals surface area contributed by atoms with Gasteiger partial charge in [-0.15, -0.1) is 10.2 Å². The Hall–Kier alpha value is -1.82. The fourth-order valence-corrected chi connectivity index (χ4v) is 1.50. The van der Waals surface area contributed by atoms with E-state index in [1.54, 1.807) is 0 Å². The third-order valence-electron chi connectivity index (χ3n) is 2.35. The van der Waals surface area contributed by atoms with Crippen LogP contribution in [0.5, 0.6) is 0 Å². The standard InChI is InChI=1S/C12H13F2N3O/c1-2-6-15-7-10-16-17-12(18-10)11-8(13)4-3-5-9(11)14/h3-5,15H,2,6-7H2,1H3. The fraction of sp³-hybridized carbons (Fsp3) is 0.333. The lowest BCUT2D eigenvalue weighted by Gasteiger charge is -1.99. The normalized spacial score (nSPS) is 10.8. The van der Waals surface area contributed by atoms with Gasteiger partial charge in [0.15, 0.2) is 0 Å². The molecule has 96 valence electrons. The quantitative estimate of drug-likeness (QED) is 0.832. The Morgan fingerprint density at radius 2 is 1.94 bits per heavy atom. The van der Waals surface area contributed by atoms with Gasteiger partial charge < -0.3 is 9.73 Å². The highest BCUT2D eigenvalue weighted by Crippen LogP contribution is 2.24. The Labute approximate surface area is 103 Å². The molecule has 2 aromatic rings. The molecule has 0 aliphatic carbocycles. The number of rotatable bonds is 5. The monoisotopic (exact) mass is 253 g/mol. The number of nitrogens with zero attached hydrogens (tertiary/aromatic N) is 2. The summed E-state index contributed by atoms with van der Waals surface area (Å²) in [4.78, 5) is 0. The second-order valence-corrected chi connectivity index (χ2v) is 3.77. The maximum Gasteiger partial charge on any atom is 0.253 e. The zero-order chi connectivity index (χ0) is 13.0. The number of halogens is 2. The van der Waals surface area contributed by atoms with Gasteiger partial charge in [-0.05, 0) is 25.1 Å². The molecular weight excluding hydrogens is 240 g/mol. The van der Waals surface area contributed by atoms with E-state index >= 15 is 0 Å². The summed E-state index contributed by atoms with van der Waals surface area (Å²) in [5, 5.41) is 10.4. The Morgan fingerprint density at radius 1 is 1.22 bits per heavy atom. The van der Waals surface area contributed by atoms with E-state index in [-0.39, 0.29) is 11.5 Å². The number of aromatic nitrogens is 2. The molecule has 0 unspecified atom stereocenters. The Bertz CT molecular complexity index is 508. The van der Waals surface area contributed by atoms with Crippen molar-refractivity contribution in [1.29, 1.82) is 0 Å². The van der Waals surface area contributed by atoms with Gasteiger partial charge >= 0.3 is 0 Å². The van der Waals surface area contributed by atoms with Crippen LogP contribution < -0.4 is 5.32 Å². The van der Waals surface area contributed by atoms with Crippen LogP contribution in [0.15, 0.2) is 22.6 Å². The van der Waals surface area contributed by atoms with Gasteiger partial charge in [0.1, 0.15) is 17.2 Å². The summed E-state index contributed by atoms with van der Waals surface area (Å²) in [7, 11) is 0. The van der Waals surface area contributed by atoms with Crippen LogP contribution in [0.4, 0.5) is 8.78 Å². The Morgan fingerprint density at radius 3 is 2.61 bits per heavy atom. The van der Waals surface area contributed by atoms with Crippen LogP contribution >= 0.6 is 0 Å². The van der Waals surface area contributed by atoms with E-state index in [2.05, 4.69) is 15.5 Å². The van der Waals surface area contributed by atoms with Crippen LogP contribution in [0.1, 0.15) is 19.2 Å². The van der Waals surface area contributed by atoms with E-state index in [0.717, 1.165) is 25.1 Å². The van der Waals surface area contributed by atoms with E-state index in [4.69, 9.17) is 4.42 Å². The van der Waals surface area contributed by atoms with Crippen LogP contribution in [0.3, 0.4) is 0 Å². The van der Waals surface area contributed by atoms with Crippen LogP contribution in [-0.2, 0) is 6.54 Å². The number of nitrogens with one attached hydrogen (secondary N) is 1. The lowest BCUT2D eigenvalue weighted by molar-refractivity contribution is 0.471. The van der Waals surface area contributed by atoms with Crippen molar-refractivity contribution in [3.8, 4) is 11.5 Å². The second-order valence-electron chi connectivity index (χ2n) is 3.77. The van der Waals surface area contributed by atoms with Crippen molar-refractivity contribution in [1.82, 2.24) is 15.5 Å². The van der Waals surface area contributed by atoms with Crippen molar-refractivity contribution in [3.05, 3.63) is 35.7 Å². The Balaban J connectivity index is 2.19. The summed E-state index contributed by atoms with van der Waals surface area (Å²) in [6.07, 6.45) is 0.975. The predicted molar refractivity (Wildman–Crippen MR) is 61.6 cm³/mol. The minimum absolute atomic E-state index is 0.140. The number of hydrogen-bond acceptors (Lipinski definition) is 4. The molecule has 1 aromatic heterocycles. The molecule has 1 heterocycles. The SMILES string of the molecule is CCCNCc1nnc(-c2c(F)cccc2F)o1. The van der Waals surface area contributed by atoms with E-state index in [1.165, 1.54) is 6.07 Å². The molecule has 4 nitrogen and oxygen atoms in total. The van der Waals surface area contributed by atoms with Crippen LogP contribution in [-0.4, -0.2) is 16.7 Å². The predicted octanol–water partition coefficient (Wildman–Crippen LogP) is 2.51. The van der Waals surface area contributed by atoms with Gasteiger partial charge in [0.2, 0.25) is 5.89 Å². The maximum absolute atomic E-state index is 13.5. The molecule has 0 bridgehead atoms. The third kappa shape index (κ3) is 2.70. The molecule has 1 aromatic carbocycles. The average Bonchev–Trinajstić information content (AvgIpc) is 2.78. The molecule has 18 heavy (non-hydrogen) atoms. The summed E-state index contributed by atoms with van der Waals surface area (Å²) in [6.45, 7) is 3.23. The van der Waals surface area contributed by atoms with Gasteiger partial charge in [-0.3, -0.25) is 0 Å². The third-order valence-corrected chi connectivity index (χ3v) is 2.35. The molecule has 0 fully saturated rings. The summed E-state index contributed by atoms with van der Waals surface area (Å²) >= 11 is 0. The fourth-order valence-electron chi connectivity index (χ4n) is 1.50. The molecule has 0 amide bonds. The van der Waals surface area contributed by atoms with Crippen LogP contribution in [0.25, 0.3) is 11.5 Å². The molecular formula is C12H13F2N3O. The van der Waals surface area contributed by atoms with Gasteiger partial charge in [0.25, 0.3) is 5.89 Å². The lowest BCUT2D eigenvalue weighted by Crippen LogP contribution is -2.13. The summed E-state index contributed by atoms with van der Waals surface area (Å²) in [5.74, 6) is -1.27. The first-order valence-electron chi connectivity index (χ1n) is 5.70. The molecule has 0 atom stereocenters. The molecule has 2 rings (SSSR count). The topological polar surface area (TPSA) is 51.0 Å². The molecule has 0 spiro atoms. The zero-order valence-electron chi connectivity index (χ0n) is 9.91. The zero-order valence-corrected chi connectivity index (χ0v) is 9.91. The lowest BCUT2D eigenvalue weighted by atomic mass is 10.2. The minimum atomic E-state index is -0.716. The molecule has 0 aliphatic rings. The van der Waals surface area contributed by atoms with Gasteiger partial charge in [0.05, 0.1) is 6.54 Å².